The molecule has 0 radical (unpaired) electrons. The number of allylic oxidation sites excluding steroid dienone is 1. The van der Waals surface area contributed by atoms with E-state index in [0.29, 0.717) is 0 Å². The van der Waals surface area contributed by atoms with E-state index in [1.165, 1.54) is 5.56 Å². The van der Waals surface area contributed by atoms with Crippen LogP contribution in [0, 0.1) is 11.8 Å². The normalized spacial score (nSPS) is 14.8. The molecule has 0 aromatic heterocycles. The summed E-state index contributed by atoms with van der Waals surface area (Å²) in [6.45, 7) is 4.58. The first kappa shape index (κ1) is 17.9. The van der Waals surface area contributed by atoms with Crippen molar-refractivity contribution >= 4 is 12.0 Å². The molecular formula is C22H21NO3. The number of ether oxygens (including phenoxy) is 1. The average Bonchev–Trinajstić information content (AvgIpc) is 2.68. The van der Waals surface area contributed by atoms with Gasteiger partial charge >= 0.3 is 5.97 Å². The van der Waals surface area contributed by atoms with E-state index in [1.54, 1.807) is 24.3 Å². The molecule has 26 heavy (non-hydrogen) atoms. The zero-order valence-electron chi connectivity index (χ0n) is 14.5. The van der Waals surface area contributed by atoms with Gasteiger partial charge < -0.3 is 9.84 Å². The lowest BCUT2D eigenvalue weighted by Gasteiger charge is -2.26. The lowest BCUT2D eigenvalue weighted by Crippen LogP contribution is -2.35. The molecule has 132 valence electrons. The van der Waals surface area contributed by atoms with Gasteiger partial charge in [0.05, 0.1) is 18.8 Å². The molecule has 1 aliphatic rings. The zero-order valence-corrected chi connectivity index (χ0v) is 14.5. The van der Waals surface area contributed by atoms with Gasteiger partial charge in [0.2, 0.25) is 0 Å². The van der Waals surface area contributed by atoms with Crippen molar-refractivity contribution in [3.05, 3.63) is 76.9 Å². The second-order valence-corrected chi connectivity index (χ2v) is 6.12. The maximum absolute atomic E-state index is 10.8. The highest BCUT2D eigenvalue weighted by Gasteiger charge is 2.10. The molecule has 1 heterocycles. The summed E-state index contributed by atoms with van der Waals surface area (Å²) in [6, 6.07) is 15.0. The highest BCUT2D eigenvalue weighted by Crippen LogP contribution is 2.10. The van der Waals surface area contributed by atoms with Crippen molar-refractivity contribution in [1.82, 2.24) is 4.90 Å². The number of carboxylic acids is 1. The number of benzene rings is 2. The Balaban J connectivity index is 1.54. The summed E-state index contributed by atoms with van der Waals surface area (Å²) in [4.78, 5) is 13.2. The molecular weight excluding hydrogens is 326 g/mol. The van der Waals surface area contributed by atoms with Gasteiger partial charge in [0.1, 0.15) is 0 Å². The predicted octanol–water partition coefficient (Wildman–Crippen LogP) is 3.28. The molecule has 4 heteroatoms. The van der Waals surface area contributed by atoms with Crippen LogP contribution in [0.3, 0.4) is 0 Å². The molecule has 2 aromatic carbocycles. The van der Waals surface area contributed by atoms with Gasteiger partial charge in [0, 0.05) is 25.2 Å². The number of carbonyl (C=O) groups is 1. The summed E-state index contributed by atoms with van der Waals surface area (Å²) >= 11 is 0. The summed E-state index contributed by atoms with van der Waals surface area (Å²) < 4.78 is 5.37. The van der Waals surface area contributed by atoms with Crippen molar-refractivity contribution in [2.75, 3.05) is 26.3 Å². The first-order valence-electron chi connectivity index (χ1n) is 8.61. The van der Waals surface area contributed by atoms with Crippen LogP contribution in [0.5, 0.6) is 0 Å². The van der Waals surface area contributed by atoms with E-state index >= 15 is 0 Å². The standard InChI is InChI=1S/C22H21NO3/c24-22(25)21-11-9-19(10-12-21)4-2-1-3-18-5-7-20(8-6-18)17-23-13-15-26-16-14-23/h1,3,5-12H,13-17H2,(H,24,25)/b3-1-. The van der Waals surface area contributed by atoms with E-state index in [9.17, 15) is 4.79 Å². The maximum Gasteiger partial charge on any atom is 0.335 e. The van der Waals surface area contributed by atoms with Crippen LogP contribution in [0.2, 0.25) is 0 Å². The number of morpholine rings is 1. The van der Waals surface area contributed by atoms with Crippen molar-refractivity contribution in [2.24, 2.45) is 0 Å². The van der Waals surface area contributed by atoms with Crippen molar-refractivity contribution in [1.29, 1.82) is 0 Å². The van der Waals surface area contributed by atoms with Crippen LogP contribution in [-0.2, 0) is 11.3 Å². The smallest absolute Gasteiger partial charge is 0.335 e. The summed E-state index contributed by atoms with van der Waals surface area (Å²) in [5, 5.41) is 8.87. The van der Waals surface area contributed by atoms with Gasteiger partial charge in [0.15, 0.2) is 0 Å². The second kappa shape index (κ2) is 9.00. The molecule has 1 fully saturated rings. The van der Waals surface area contributed by atoms with Gasteiger partial charge in [-0.05, 0) is 47.5 Å². The molecule has 0 aliphatic carbocycles. The molecule has 2 aromatic rings. The molecule has 1 N–H and O–H groups in total. The van der Waals surface area contributed by atoms with Crippen molar-refractivity contribution in [3.8, 4) is 11.8 Å². The van der Waals surface area contributed by atoms with Crippen LogP contribution in [0.25, 0.3) is 6.08 Å². The molecule has 0 unspecified atom stereocenters. The SMILES string of the molecule is O=C(O)c1ccc(C#C/C=C\c2ccc(CN3CCOCC3)cc2)cc1. The fourth-order valence-corrected chi connectivity index (χ4v) is 2.71. The number of rotatable bonds is 4. The molecule has 0 spiro atoms. The fourth-order valence-electron chi connectivity index (χ4n) is 2.71. The van der Waals surface area contributed by atoms with Crippen molar-refractivity contribution in [3.63, 3.8) is 0 Å². The Morgan fingerprint density at radius 2 is 1.77 bits per heavy atom. The predicted molar refractivity (Wildman–Crippen MR) is 102 cm³/mol. The van der Waals surface area contributed by atoms with Crippen LogP contribution in [0.1, 0.15) is 27.0 Å². The van der Waals surface area contributed by atoms with Gasteiger partial charge in [-0.3, -0.25) is 4.90 Å². The lowest BCUT2D eigenvalue weighted by atomic mass is 10.1. The average molecular weight is 347 g/mol. The summed E-state index contributed by atoms with van der Waals surface area (Å²) in [5.41, 5.74) is 3.46. The van der Waals surface area contributed by atoms with E-state index in [1.807, 2.05) is 12.2 Å². The molecule has 0 bridgehead atoms. The summed E-state index contributed by atoms with van der Waals surface area (Å²) in [5.74, 6) is 5.05. The Hall–Kier alpha value is -2.87. The van der Waals surface area contributed by atoms with Gasteiger partial charge in [-0.15, -0.1) is 0 Å². The minimum atomic E-state index is -0.929. The minimum Gasteiger partial charge on any atom is -0.478 e. The monoisotopic (exact) mass is 347 g/mol. The molecule has 3 rings (SSSR count). The molecule has 1 aliphatic heterocycles. The third-order valence-electron chi connectivity index (χ3n) is 4.20. The highest BCUT2D eigenvalue weighted by atomic mass is 16.5. The number of hydrogen-bond acceptors (Lipinski definition) is 3. The van der Waals surface area contributed by atoms with Crippen molar-refractivity contribution in [2.45, 2.75) is 6.54 Å². The molecule has 0 atom stereocenters. The Morgan fingerprint density at radius 3 is 2.42 bits per heavy atom. The third-order valence-corrected chi connectivity index (χ3v) is 4.20. The Morgan fingerprint density at radius 1 is 1.08 bits per heavy atom. The largest absolute Gasteiger partial charge is 0.478 e. The van der Waals surface area contributed by atoms with E-state index < -0.39 is 5.97 Å². The van der Waals surface area contributed by atoms with E-state index in [2.05, 4.69) is 41.0 Å². The highest BCUT2D eigenvalue weighted by molar-refractivity contribution is 5.87. The Bertz CT molecular complexity index is 820. The van der Waals surface area contributed by atoms with Crippen molar-refractivity contribution < 1.29 is 14.6 Å². The van der Waals surface area contributed by atoms with Crippen LogP contribution >= 0.6 is 0 Å². The Kier molecular flexibility index (Phi) is 6.21. The van der Waals surface area contributed by atoms with Crippen LogP contribution in [0.15, 0.2) is 54.6 Å². The molecule has 4 nitrogen and oxygen atoms in total. The molecule has 0 amide bonds. The maximum atomic E-state index is 10.8. The van der Waals surface area contributed by atoms with Crippen LogP contribution < -0.4 is 0 Å². The topological polar surface area (TPSA) is 49.8 Å². The molecule has 0 saturated carbocycles. The van der Waals surface area contributed by atoms with Gasteiger partial charge in [0.25, 0.3) is 0 Å². The Labute approximate surface area is 153 Å². The van der Waals surface area contributed by atoms with Crippen LogP contribution in [-0.4, -0.2) is 42.3 Å². The van der Waals surface area contributed by atoms with Gasteiger partial charge in [-0.2, -0.15) is 0 Å². The summed E-state index contributed by atoms with van der Waals surface area (Å²) in [6.07, 6.45) is 3.78. The quantitative estimate of drug-likeness (QED) is 0.863. The second-order valence-electron chi connectivity index (χ2n) is 6.12. The molecule has 1 saturated heterocycles. The number of carboxylic acid groups (broad SMARTS) is 1. The summed E-state index contributed by atoms with van der Waals surface area (Å²) in [7, 11) is 0. The number of aromatic carboxylic acids is 1. The van der Waals surface area contributed by atoms with Crippen LogP contribution in [0.4, 0.5) is 0 Å². The minimum absolute atomic E-state index is 0.267. The number of nitrogens with zero attached hydrogens (tertiary/aromatic N) is 1. The first-order valence-corrected chi connectivity index (χ1v) is 8.61. The lowest BCUT2D eigenvalue weighted by molar-refractivity contribution is 0.0342. The van der Waals surface area contributed by atoms with E-state index in [4.69, 9.17) is 9.84 Å². The van der Waals surface area contributed by atoms with E-state index in [-0.39, 0.29) is 5.56 Å². The van der Waals surface area contributed by atoms with Gasteiger partial charge in [-0.1, -0.05) is 36.1 Å². The fraction of sp³-hybridized carbons (Fsp3) is 0.227. The van der Waals surface area contributed by atoms with E-state index in [0.717, 1.165) is 44.0 Å². The van der Waals surface area contributed by atoms with Gasteiger partial charge in [-0.25, -0.2) is 4.79 Å². The first-order chi connectivity index (χ1) is 12.7. The zero-order chi connectivity index (χ0) is 18.2. The number of hydrogen-bond donors (Lipinski definition) is 1. The third kappa shape index (κ3) is 5.32.